The number of fused-ring (bicyclic) bond motifs is 2. The summed E-state index contributed by atoms with van der Waals surface area (Å²) in [4.78, 5) is 2.55. The maximum Gasteiger partial charge on any atom is 0.165 e. The van der Waals surface area contributed by atoms with E-state index in [2.05, 4.69) is 17.9 Å². The van der Waals surface area contributed by atoms with Crippen LogP contribution in [0.5, 0.6) is 17.2 Å². The Morgan fingerprint density at radius 1 is 1.21 bits per heavy atom. The van der Waals surface area contributed by atoms with Crippen LogP contribution in [0.25, 0.3) is 11.1 Å². The molecular formula is C20H23NO3. The van der Waals surface area contributed by atoms with Crippen LogP contribution < -0.4 is 4.74 Å². The average molecular weight is 324 g/mol. The number of phenols is 2. The first-order valence-corrected chi connectivity index (χ1v) is 8.63. The Morgan fingerprint density at radius 3 is 2.79 bits per heavy atom. The fourth-order valence-corrected chi connectivity index (χ4v) is 4.30. The highest BCUT2D eigenvalue weighted by Crippen LogP contribution is 2.51. The van der Waals surface area contributed by atoms with Crippen molar-refractivity contribution in [3.05, 3.63) is 41.0 Å². The summed E-state index contributed by atoms with van der Waals surface area (Å²) in [6, 6.07) is 7.99. The van der Waals surface area contributed by atoms with Gasteiger partial charge in [0.2, 0.25) is 0 Å². The molecule has 4 nitrogen and oxygen atoms in total. The predicted molar refractivity (Wildman–Crippen MR) is 93.8 cm³/mol. The third-order valence-electron chi connectivity index (χ3n) is 5.35. The minimum Gasteiger partial charge on any atom is -0.504 e. The molecule has 2 aromatic rings. The molecule has 4 rings (SSSR count). The van der Waals surface area contributed by atoms with E-state index in [0.29, 0.717) is 6.04 Å². The number of hydrogen-bond donors (Lipinski definition) is 2. The molecule has 1 aliphatic heterocycles. The van der Waals surface area contributed by atoms with Gasteiger partial charge in [-0.15, -0.1) is 0 Å². The zero-order valence-corrected chi connectivity index (χ0v) is 14.2. The molecule has 0 saturated heterocycles. The summed E-state index contributed by atoms with van der Waals surface area (Å²) in [6.45, 7) is 4.34. The second-order valence-corrected chi connectivity index (χ2v) is 6.72. The number of ether oxygens (including phenoxy) is 1. The molecule has 0 aromatic heterocycles. The highest BCUT2D eigenvalue weighted by Gasteiger charge is 2.36. The van der Waals surface area contributed by atoms with Crippen LogP contribution >= 0.6 is 0 Å². The first-order valence-electron chi connectivity index (χ1n) is 8.63. The molecule has 0 spiro atoms. The predicted octanol–water partition coefficient (Wildman–Crippen LogP) is 3.64. The number of phenolic OH excluding ortho intramolecular Hbond substituents is 2. The Bertz CT molecular complexity index is 800. The van der Waals surface area contributed by atoms with Crippen LogP contribution in [0.2, 0.25) is 0 Å². The van der Waals surface area contributed by atoms with Crippen molar-refractivity contribution in [2.45, 2.75) is 32.2 Å². The highest BCUT2D eigenvalue weighted by atomic mass is 16.4. The smallest absolute Gasteiger partial charge is 0.165 e. The van der Waals surface area contributed by atoms with E-state index in [1.807, 2.05) is 12.1 Å². The maximum absolute atomic E-state index is 10.5. The van der Waals surface area contributed by atoms with E-state index in [0.717, 1.165) is 54.8 Å². The first-order chi connectivity index (χ1) is 11.6. The molecule has 0 fully saturated rings. The van der Waals surface area contributed by atoms with Crippen LogP contribution in [0, 0.1) is 0 Å². The fourth-order valence-electron chi connectivity index (χ4n) is 4.30. The maximum atomic E-state index is 10.5. The van der Waals surface area contributed by atoms with Crippen molar-refractivity contribution in [1.29, 1.82) is 0 Å². The molecule has 0 amide bonds. The van der Waals surface area contributed by atoms with E-state index in [1.165, 1.54) is 11.1 Å². The van der Waals surface area contributed by atoms with Crippen molar-refractivity contribution in [1.82, 2.24) is 4.90 Å². The van der Waals surface area contributed by atoms with Gasteiger partial charge in [0.25, 0.3) is 0 Å². The van der Waals surface area contributed by atoms with Gasteiger partial charge < -0.3 is 14.9 Å². The van der Waals surface area contributed by atoms with Crippen molar-refractivity contribution >= 4 is 0 Å². The standard InChI is InChI=1S/C20H23NO3/c1-3-7-21-8-6-13-9-14(24-2)11-15-18(13)16(21)10-12-4-5-17(22)20(23)19(12)15/h4-5,9,11,16,22-23H,3,6-8,10H2,1-2H3/t16-/m1/s1/i2-1. The average Bonchev–Trinajstić information content (AvgIpc) is 2.60. The lowest BCUT2D eigenvalue weighted by Gasteiger charge is -2.42. The lowest BCUT2D eigenvalue weighted by molar-refractivity contribution is 0.182. The van der Waals surface area contributed by atoms with Gasteiger partial charge in [0.1, 0.15) is 5.75 Å². The molecule has 1 aliphatic carbocycles. The zero-order valence-electron chi connectivity index (χ0n) is 14.2. The zero-order chi connectivity index (χ0) is 16.8. The first kappa shape index (κ1) is 15.3. The Labute approximate surface area is 142 Å². The van der Waals surface area contributed by atoms with Crippen molar-refractivity contribution in [2.75, 3.05) is 20.2 Å². The van der Waals surface area contributed by atoms with Crippen LogP contribution in [0.1, 0.15) is 36.1 Å². The second-order valence-electron chi connectivity index (χ2n) is 6.72. The lowest BCUT2D eigenvalue weighted by Crippen LogP contribution is -2.38. The van der Waals surface area contributed by atoms with Gasteiger partial charge in [-0.3, -0.25) is 4.90 Å². The number of aromatic hydroxyl groups is 2. The second kappa shape index (κ2) is 5.71. The molecule has 1 heterocycles. The number of methoxy groups -OCH3 is 1. The van der Waals surface area contributed by atoms with Crippen LogP contribution in [0.3, 0.4) is 0 Å². The van der Waals surface area contributed by atoms with Crippen molar-refractivity contribution < 1.29 is 14.9 Å². The van der Waals surface area contributed by atoms with Crippen LogP contribution in [-0.2, 0) is 12.8 Å². The van der Waals surface area contributed by atoms with E-state index < -0.39 is 0 Å². The number of hydrogen-bond acceptors (Lipinski definition) is 4. The summed E-state index contributed by atoms with van der Waals surface area (Å²) in [5.74, 6) is 0.723. The van der Waals surface area contributed by atoms with Gasteiger partial charge in [-0.05, 0) is 66.3 Å². The van der Waals surface area contributed by atoms with Gasteiger partial charge in [-0.25, -0.2) is 0 Å². The molecule has 4 heteroatoms. The molecule has 2 N–H and O–H groups in total. The summed E-state index contributed by atoms with van der Waals surface area (Å²) in [5, 5.41) is 20.5. The van der Waals surface area contributed by atoms with E-state index >= 15 is 0 Å². The highest BCUT2D eigenvalue weighted by molar-refractivity contribution is 5.83. The van der Waals surface area contributed by atoms with Crippen LogP contribution in [0.15, 0.2) is 24.3 Å². The molecule has 0 radical (unpaired) electrons. The Kier molecular flexibility index (Phi) is 3.65. The molecule has 2 aromatic carbocycles. The van der Waals surface area contributed by atoms with E-state index in [4.69, 9.17) is 4.74 Å². The number of rotatable bonds is 3. The molecular weight excluding hydrogens is 301 g/mol. The normalized spacial score (nSPS) is 18.8. The van der Waals surface area contributed by atoms with Crippen molar-refractivity contribution in [3.63, 3.8) is 0 Å². The topological polar surface area (TPSA) is 52.9 Å². The molecule has 0 saturated carbocycles. The number of nitrogens with zero attached hydrogens (tertiary/aromatic N) is 1. The van der Waals surface area contributed by atoms with Gasteiger partial charge in [0, 0.05) is 18.2 Å². The third-order valence-corrected chi connectivity index (χ3v) is 5.35. The molecule has 24 heavy (non-hydrogen) atoms. The lowest BCUT2D eigenvalue weighted by atomic mass is 9.76. The number of benzene rings is 2. The van der Waals surface area contributed by atoms with E-state index in [-0.39, 0.29) is 11.5 Å². The van der Waals surface area contributed by atoms with Gasteiger partial charge >= 0.3 is 0 Å². The SMILES string of the molecule is CCCN1CCc2cc(O[11CH3])cc3c2[C@H]1Cc1ccc(O)c(O)c1-3. The Morgan fingerprint density at radius 2 is 2.04 bits per heavy atom. The Hall–Kier alpha value is -2.20. The molecule has 2 aliphatic rings. The van der Waals surface area contributed by atoms with E-state index in [9.17, 15) is 10.2 Å². The fraction of sp³-hybridized carbons (Fsp3) is 0.400. The minimum atomic E-state index is -0.0648. The molecule has 0 bridgehead atoms. The van der Waals surface area contributed by atoms with Crippen LogP contribution in [0.4, 0.5) is 0 Å². The summed E-state index contributed by atoms with van der Waals surface area (Å²) < 4.78 is 5.48. The third kappa shape index (κ3) is 2.17. The molecule has 0 unspecified atom stereocenters. The van der Waals surface area contributed by atoms with Gasteiger partial charge in [-0.2, -0.15) is 0 Å². The van der Waals surface area contributed by atoms with Crippen molar-refractivity contribution in [2.24, 2.45) is 0 Å². The van der Waals surface area contributed by atoms with Crippen molar-refractivity contribution in [3.8, 4) is 28.4 Å². The van der Waals surface area contributed by atoms with E-state index in [1.54, 1.807) is 13.2 Å². The summed E-state index contributed by atoms with van der Waals surface area (Å²) >= 11 is 0. The summed E-state index contributed by atoms with van der Waals surface area (Å²) in [7, 11) is 1.67. The van der Waals surface area contributed by atoms with Crippen LogP contribution in [-0.4, -0.2) is 35.3 Å². The summed E-state index contributed by atoms with van der Waals surface area (Å²) in [6.07, 6.45) is 2.99. The largest absolute Gasteiger partial charge is 0.504 e. The van der Waals surface area contributed by atoms with Gasteiger partial charge in [0.15, 0.2) is 11.5 Å². The Balaban J connectivity index is 1.98. The van der Waals surface area contributed by atoms with Gasteiger partial charge in [-0.1, -0.05) is 13.0 Å². The molecule has 1 atom stereocenters. The summed E-state index contributed by atoms with van der Waals surface area (Å²) in [5.41, 5.74) is 5.45. The molecule has 126 valence electrons. The quantitative estimate of drug-likeness (QED) is 0.847. The monoisotopic (exact) mass is 324 g/mol. The minimum absolute atomic E-state index is 0.0194. The van der Waals surface area contributed by atoms with Gasteiger partial charge in [0.05, 0.1) is 7.11 Å².